The number of hydrogen-bond acceptors (Lipinski definition) is 5. The topological polar surface area (TPSA) is 97.6 Å². The van der Waals surface area contributed by atoms with Crippen LogP contribution in [-0.2, 0) is 15.0 Å². The van der Waals surface area contributed by atoms with Crippen LogP contribution in [0.4, 0.5) is 15.3 Å². The van der Waals surface area contributed by atoms with E-state index in [1.807, 2.05) is 0 Å². The van der Waals surface area contributed by atoms with Gasteiger partial charge in [-0.15, -0.1) is 3.89 Å². The number of carbonyl (C=O) groups excluding carboxylic acids is 1. The van der Waals surface area contributed by atoms with Gasteiger partial charge in [-0.1, -0.05) is 11.6 Å². The van der Waals surface area contributed by atoms with Crippen LogP contribution >= 0.6 is 11.6 Å². The van der Waals surface area contributed by atoms with Crippen LogP contribution < -0.4 is 4.90 Å². The third-order valence-corrected chi connectivity index (χ3v) is 4.34. The SMILES string of the molecule is O=C1CC(S(=O)(=O)F)CN1c1ccc([N+](=O)[O-])cc1Cl. The van der Waals surface area contributed by atoms with E-state index in [9.17, 15) is 27.2 Å². The molecule has 0 saturated carbocycles. The van der Waals surface area contributed by atoms with Gasteiger partial charge < -0.3 is 4.90 Å². The zero-order chi connectivity index (χ0) is 15.1. The molecule has 1 amide bonds. The Labute approximate surface area is 118 Å². The smallest absolute Gasteiger partial charge is 0.307 e. The summed E-state index contributed by atoms with van der Waals surface area (Å²) in [6, 6.07) is 3.40. The number of nitro groups is 1. The van der Waals surface area contributed by atoms with Crippen molar-refractivity contribution in [3.63, 3.8) is 0 Å². The Hall–Kier alpha value is -1.74. The lowest BCUT2D eigenvalue weighted by Crippen LogP contribution is -2.27. The van der Waals surface area contributed by atoms with Crippen molar-refractivity contribution in [1.29, 1.82) is 0 Å². The van der Waals surface area contributed by atoms with E-state index >= 15 is 0 Å². The first kappa shape index (κ1) is 14.7. The normalized spacial score (nSPS) is 19.4. The lowest BCUT2D eigenvalue weighted by atomic mass is 10.2. The fraction of sp³-hybridized carbons (Fsp3) is 0.300. The zero-order valence-electron chi connectivity index (χ0n) is 9.82. The number of rotatable bonds is 3. The molecule has 0 bridgehead atoms. The number of nitro benzene ring substituents is 1. The molecule has 20 heavy (non-hydrogen) atoms. The van der Waals surface area contributed by atoms with Gasteiger partial charge in [-0.25, -0.2) is 0 Å². The van der Waals surface area contributed by atoms with Crippen molar-refractivity contribution in [3.8, 4) is 0 Å². The number of halogens is 2. The van der Waals surface area contributed by atoms with Crippen LogP contribution in [-0.4, -0.2) is 31.0 Å². The number of non-ortho nitro benzene ring substituents is 1. The zero-order valence-corrected chi connectivity index (χ0v) is 11.4. The van der Waals surface area contributed by atoms with E-state index in [4.69, 9.17) is 11.6 Å². The van der Waals surface area contributed by atoms with Crippen molar-refractivity contribution in [2.24, 2.45) is 0 Å². The molecule has 0 aromatic heterocycles. The maximum Gasteiger partial charge on any atom is 0.307 e. The first-order valence-corrected chi connectivity index (χ1v) is 7.20. The van der Waals surface area contributed by atoms with Crippen molar-refractivity contribution in [3.05, 3.63) is 33.3 Å². The van der Waals surface area contributed by atoms with Gasteiger partial charge in [0.05, 0.1) is 15.6 Å². The summed E-state index contributed by atoms with van der Waals surface area (Å²) in [7, 11) is -4.82. The first-order chi connectivity index (χ1) is 9.20. The molecule has 1 aromatic carbocycles. The molecule has 1 atom stereocenters. The minimum atomic E-state index is -4.82. The second kappa shape index (κ2) is 4.98. The number of nitrogens with zero attached hydrogens (tertiary/aromatic N) is 2. The molecule has 0 radical (unpaired) electrons. The van der Waals surface area contributed by atoms with Crippen LogP contribution in [0.15, 0.2) is 18.2 Å². The average Bonchev–Trinajstić information content (AvgIpc) is 2.71. The summed E-state index contributed by atoms with van der Waals surface area (Å²) in [5, 5.41) is 9.05. The van der Waals surface area contributed by atoms with Gasteiger partial charge in [0.2, 0.25) is 5.91 Å². The molecule has 1 fully saturated rings. The minimum absolute atomic E-state index is 0.0792. The molecule has 1 aromatic rings. The predicted molar refractivity (Wildman–Crippen MR) is 68.9 cm³/mol. The predicted octanol–water partition coefficient (Wildman–Crippen LogP) is 1.65. The highest BCUT2D eigenvalue weighted by Crippen LogP contribution is 2.33. The monoisotopic (exact) mass is 322 g/mol. The van der Waals surface area contributed by atoms with Crippen molar-refractivity contribution in [2.75, 3.05) is 11.4 Å². The summed E-state index contributed by atoms with van der Waals surface area (Å²) in [5.74, 6) is -0.605. The van der Waals surface area contributed by atoms with Gasteiger partial charge in [-0.3, -0.25) is 14.9 Å². The van der Waals surface area contributed by atoms with Gasteiger partial charge in [0.1, 0.15) is 5.25 Å². The molecule has 2 rings (SSSR count). The summed E-state index contributed by atoms with van der Waals surface area (Å²) in [6.07, 6.45) is -0.480. The minimum Gasteiger partial charge on any atom is -0.309 e. The van der Waals surface area contributed by atoms with Gasteiger partial charge in [-0.05, 0) is 6.07 Å². The van der Waals surface area contributed by atoms with E-state index in [2.05, 4.69) is 0 Å². The Bertz CT molecular complexity index is 693. The highest BCUT2D eigenvalue weighted by molar-refractivity contribution is 7.87. The van der Waals surface area contributed by atoms with Crippen LogP contribution in [0.1, 0.15) is 6.42 Å². The molecule has 0 N–H and O–H groups in total. The fourth-order valence-electron chi connectivity index (χ4n) is 1.92. The van der Waals surface area contributed by atoms with Gasteiger partial charge >= 0.3 is 10.2 Å². The van der Waals surface area contributed by atoms with Gasteiger partial charge in [0.25, 0.3) is 5.69 Å². The van der Waals surface area contributed by atoms with E-state index in [-0.39, 0.29) is 22.9 Å². The van der Waals surface area contributed by atoms with Crippen molar-refractivity contribution >= 4 is 39.1 Å². The maximum atomic E-state index is 12.9. The number of anilines is 1. The second-order valence-corrected chi connectivity index (χ2v) is 6.22. The van der Waals surface area contributed by atoms with Crippen LogP contribution in [0.25, 0.3) is 0 Å². The average molecular weight is 323 g/mol. The van der Waals surface area contributed by atoms with Gasteiger partial charge in [0, 0.05) is 25.1 Å². The van der Waals surface area contributed by atoms with Gasteiger partial charge in [0.15, 0.2) is 0 Å². The Morgan fingerprint density at radius 1 is 1.45 bits per heavy atom. The van der Waals surface area contributed by atoms with Gasteiger partial charge in [-0.2, -0.15) is 8.42 Å². The summed E-state index contributed by atoms with van der Waals surface area (Å²) in [6.45, 7) is -0.366. The molecule has 1 unspecified atom stereocenters. The summed E-state index contributed by atoms with van der Waals surface area (Å²) < 4.78 is 34.5. The number of carbonyl (C=O) groups is 1. The molecule has 108 valence electrons. The molecule has 0 aliphatic carbocycles. The third-order valence-electron chi connectivity index (χ3n) is 2.92. The summed E-state index contributed by atoms with van der Waals surface area (Å²) in [5.41, 5.74) is -0.145. The van der Waals surface area contributed by atoms with Crippen LogP contribution in [0.5, 0.6) is 0 Å². The number of benzene rings is 1. The number of hydrogen-bond donors (Lipinski definition) is 0. The standard InChI is InChI=1S/C10H8ClFN2O5S/c11-8-3-6(14(16)17)1-2-9(8)13-5-7(4-10(13)15)20(12,18)19/h1-3,7H,4-5H2. The lowest BCUT2D eigenvalue weighted by molar-refractivity contribution is -0.384. The molecular formula is C10H8ClFN2O5S. The third kappa shape index (κ3) is 2.73. The maximum absolute atomic E-state index is 12.9. The van der Waals surface area contributed by atoms with Crippen molar-refractivity contribution in [2.45, 2.75) is 11.7 Å². The molecule has 1 heterocycles. The Balaban J connectivity index is 2.33. The van der Waals surface area contributed by atoms with E-state index in [1.165, 1.54) is 6.07 Å². The molecular weight excluding hydrogens is 315 g/mol. The molecule has 10 heteroatoms. The van der Waals surface area contributed by atoms with Crippen LogP contribution in [0.2, 0.25) is 5.02 Å². The van der Waals surface area contributed by atoms with E-state index in [0.717, 1.165) is 17.0 Å². The second-order valence-electron chi connectivity index (χ2n) is 4.20. The Morgan fingerprint density at radius 3 is 2.55 bits per heavy atom. The molecule has 1 aliphatic heterocycles. The largest absolute Gasteiger partial charge is 0.309 e. The fourth-order valence-corrected chi connectivity index (χ4v) is 2.87. The summed E-state index contributed by atoms with van der Waals surface area (Å²) >= 11 is 5.84. The molecule has 1 saturated heterocycles. The quantitative estimate of drug-likeness (QED) is 0.479. The summed E-state index contributed by atoms with van der Waals surface area (Å²) in [4.78, 5) is 22.6. The first-order valence-electron chi connectivity index (χ1n) is 5.38. The van der Waals surface area contributed by atoms with Crippen molar-refractivity contribution in [1.82, 2.24) is 0 Å². The van der Waals surface area contributed by atoms with Crippen LogP contribution in [0, 0.1) is 10.1 Å². The highest BCUT2D eigenvalue weighted by atomic mass is 35.5. The highest BCUT2D eigenvalue weighted by Gasteiger charge is 2.39. The molecule has 1 aliphatic rings. The van der Waals surface area contributed by atoms with Crippen LogP contribution in [0.3, 0.4) is 0 Å². The molecule has 7 nitrogen and oxygen atoms in total. The van der Waals surface area contributed by atoms with E-state index in [1.54, 1.807) is 0 Å². The van der Waals surface area contributed by atoms with E-state index < -0.39 is 32.7 Å². The Kier molecular flexibility index (Phi) is 3.65. The lowest BCUT2D eigenvalue weighted by Gasteiger charge is -2.17. The van der Waals surface area contributed by atoms with E-state index in [0.29, 0.717) is 0 Å². The number of amides is 1. The van der Waals surface area contributed by atoms with Crippen molar-refractivity contribution < 1.29 is 22.0 Å². The molecule has 0 spiro atoms. The Morgan fingerprint density at radius 2 is 2.10 bits per heavy atom.